The van der Waals surface area contributed by atoms with Crippen molar-refractivity contribution in [3.8, 4) is 6.07 Å². The summed E-state index contributed by atoms with van der Waals surface area (Å²) in [4.78, 5) is 4.15. The van der Waals surface area contributed by atoms with Gasteiger partial charge in [-0.15, -0.1) is 0 Å². The van der Waals surface area contributed by atoms with Crippen LogP contribution in [0.3, 0.4) is 0 Å². The summed E-state index contributed by atoms with van der Waals surface area (Å²) >= 11 is 0. The molecule has 1 aromatic heterocycles. The highest BCUT2D eigenvalue weighted by molar-refractivity contribution is 5.51. The number of hydrogen-bond acceptors (Lipinski definition) is 3. The number of nitrogens with zero attached hydrogens (tertiary/aromatic N) is 2. The van der Waals surface area contributed by atoms with E-state index >= 15 is 0 Å². The first-order chi connectivity index (χ1) is 9.19. The monoisotopic (exact) mass is 255 g/mol. The Bertz CT molecular complexity index is 587. The van der Waals surface area contributed by atoms with Crippen LogP contribution in [-0.2, 0) is 6.42 Å². The molecule has 19 heavy (non-hydrogen) atoms. The van der Waals surface area contributed by atoms with Crippen LogP contribution < -0.4 is 5.32 Å². The van der Waals surface area contributed by atoms with Gasteiger partial charge in [-0.1, -0.05) is 12.1 Å². The lowest BCUT2D eigenvalue weighted by Crippen LogP contribution is -2.19. The van der Waals surface area contributed by atoms with Gasteiger partial charge < -0.3 is 5.32 Å². The van der Waals surface area contributed by atoms with Gasteiger partial charge in [0.2, 0.25) is 0 Å². The molecule has 0 amide bonds. The maximum atomic E-state index is 12.8. The van der Waals surface area contributed by atoms with Crippen molar-refractivity contribution >= 4 is 5.82 Å². The molecule has 0 aliphatic heterocycles. The average molecular weight is 255 g/mol. The minimum Gasteiger partial charge on any atom is -0.366 e. The molecule has 0 bridgehead atoms. The van der Waals surface area contributed by atoms with Crippen LogP contribution in [0, 0.1) is 17.1 Å². The number of rotatable bonds is 4. The van der Waals surface area contributed by atoms with E-state index in [1.807, 2.05) is 6.92 Å². The largest absolute Gasteiger partial charge is 0.366 e. The topological polar surface area (TPSA) is 48.7 Å². The summed E-state index contributed by atoms with van der Waals surface area (Å²) in [5.41, 5.74) is 1.56. The van der Waals surface area contributed by atoms with Crippen LogP contribution in [-0.4, -0.2) is 11.0 Å². The average Bonchev–Trinajstić information content (AvgIpc) is 2.42. The molecule has 2 aromatic rings. The van der Waals surface area contributed by atoms with E-state index < -0.39 is 0 Å². The molecule has 0 fully saturated rings. The van der Waals surface area contributed by atoms with Gasteiger partial charge in [0.1, 0.15) is 17.7 Å². The van der Waals surface area contributed by atoms with Gasteiger partial charge in [0.25, 0.3) is 0 Å². The van der Waals surface area contributed by atoms with Crippen molar-refractivity contribution in [1.82, 2.24) is 4.98 Å². The Morgan fingerprint density at radius 3 is 2.74 bits per heavy atom. The summed E-state index contributed by atoms with van der Waals surface area (Å²) in [6.45, 7) is 2.00. The maximum absolute atomic E-state index is 12.8. The van der Waals surface area contributed by atoms with Crippen molar-refractivity contribution in [2.75, 3.05) is 5.32 Å². The molecule has 0 aliphatic rings. The predicted octanol–water partition coefficient (Wildman–Crippen LogP) is 3.14. The highest BCUT2D eigenvalue weighted by Crippen LogP contribution is 2.13. The Morgan fingerprint density at radius 2 is 2.05 bits per heavy atom. The van der Waals surface area contributed by atoms with E-state index in [4.69, 9.17) is 5.26 Å². The summed E-state index contributed by atoms with van der Waals surface area (Å²) in [7, 11) is 0. The molecule has 3 nitrogen and oxygen atoms in total. The van der Waals surface area contributed by atoms with Gasteiger partial charge in [-0.25, -0.2) is 9.37 Å². The van der Waals surface area contributed by atoms with Gasteiger partial charge in [-0.2, -0.15) is 5.26 Å². The molecule has 96 valence electrons. The number of anilines is 1. The van der Waals surface area contributed by atoms with E-state index in [0.29, 0.717) is 11.4 Å². The number of halogens is 1. The van der Waals surface area contributed by atoms with E-state index in [1.54, 1.807) is 30.5 Å². The lowest BCUT2D eigenvalue weighted by Gasteiger charge is -2.15. The summed E-state index contributed by atoms with van der Waals surface area (Å²) in [5.74, 6) is 0.348. The van der Waals surface area contributed by atoms with Crippen molar-refractivity contribution in [2.24, 2.45) is 0 Å². The third kappa shape index (κ3) is 3.52. The molecule has 1 N–H and O–H groups in total. The van der Waals surface area contributed by atoms with Gasteiger partial charge >= 0.3 is 0 Å². The van der Waals surface area contributed by atoms with E-state index in [9.17, 15) is 4.39 Å². The second kappa shape index (κ2) is 5.96. The zero-order chi connectivity index (χ0) is 13.7. The molecule has 4 heteroatoms. The normalized spacial score (nSPS) is 11.6. The lowest BCUT2D eigenvalue weighted by atomic mass is 10.1. The third-order valence-corrected chi connectivity index (χ3v) is 2.77. The quantitative estimate of drug-likeness (QED) is 0.913. The predicted molar refractivity (Wildman–Crippen MR) is 72.1 cm³/mol. The molecule has 1 atom stereocenters. The number of hydrogen-bond donors (Lipinski definition) is 1. The fourth-order valence-corrected chi connectivity index (χ4v) is 1.87. The van der Waals surface area contributed by atoms with Gasteiger partial charge in [0.05, 0.1) is 5.56 Å². The van der Waals surface area contributed by atoms with Crippen molar-refractivity contribution in [2.45, 2.75) is 19.4 Å². The number of nitriles is 1. The summed E-state index contributed by atoms with van der Waals surface area (Å²) in [5, 5.41) is 12.2. The Labute approximate surface area is 111 Å². The summed E-state index contributed by atoms with van der Waals surface area (Å²) in [6.07, 6.45) is 2.38. The van der Waals surface area contributed by atoms with E-state index in [-0.39, 0.29) is 11.9 Å². The van der Waals surface area contributed by atoms with Gasteiger partial charge in [0, 0.05) is 12.2 Å². The van der Waals surface area contributed by atoms with E-state index in [2.05, 4.69) is 16.4 Å². The first kappa shape index (κ1) is 13.0. The lowest BCUT2D eigenvalue weighted by molar-refractivity contribution is 0.626. The molecular weight excluding hydrogens is 241 g/mol. The SMILES string of the molecule is CC(Cc1ccc(F)cc1)Nc1ncccc1C#N. The second-order valence-electron chi connectivity index (χ2n) is 4.39. The molecule has 0 saturated heterocycles. The standard InChI is InChI=1S/C15H14FN3/c1-11(9-12-4-6-14(16)7-5-12)19-15-13(10-17)3-2-8-18-15/h2-8,11H,9H2,1H3,(H,18,19). The fourth-order valence-electron chi connectivity index (χ4n) is 1.87. The van der Waals surface area contributed by atoms with E-state index in [1.165, 1.54) is 12.1 Å². The molecule has 0 saturated carbocycles. The van der Waals surface area contributed by atoms with Crippen LogP contribution >= 0.6 is 0 Å². The number of benzene rings is 1. The highest BCUT2D eigenvalue weighted by atomic mass is 19.1. The number of pyridine rings is 1. The van der Waals surface area contributed by atoms with Gasteiger partial charge in [-0.3, -0.25) is 0 Å². The molecule has 1 unspecified atom stereocenters. The highest BCUT2D eigenvalue weighted by Gasteiger charge is 2.08. The maximum Gasteiger partial charge on any atom is 0.144 e. The molecule has 2 rings (SSSR count). The Balaban J connectivity index is 2.03. The summed E-state index contributed by atoms with van der Waals surface area (Å²) in [6, 6.07) is 12.1. The van der Waals surface area contributed by atoms with Crippen molar-refractivity contribution in [1.29, 1.82) is 5.26 Å². The number of aromatic nitrogens is 1. The van der Waals surface area contributed by atoms with Crippen LogP contribution in [0.5, 0.6) is 0 Å². The smallest absolute Gasteiger partial charge is 0.144 e. The van der Waals surface area contributed by atoms with Crippen molar-refractivity contribution in [3.05, 3.63) is 59.5 Å². The molecule has 0 radical (unpaired) electrons. The van der Waals surface area contributed by atoms with Crippen molar-refractivity contribution < 1.29 is 4.39 Å². The number of nitrogens with one attached hydrogen (secondary N) is 1. The zero-order valence-electron chi connectivity index (χ0n) is 10.6. The van der Waals surface area contributed by atoms with Crippen LogP contribution in [0.2, 0.25) is 0 Å². The Morgan fingerprint density at radius 1 is 1.32 bits per heavy atom. The van der Waals surface area contributed by atoms with E-state index in [0.717, 1.165) is 12.0 Å². The molecule has 1 heterocycles. The second-order valence-corrected chi connectivity index (χ2v) is 4.39. The fraction of sp³-hybridized carbons (Fsp3) is 0.200. The minimum absolute atomic E-state index is 0.104. The van der Waals surface area contributed by atoms with Crippen LogP contribution in [0.4, 0.5) is 10.2 Å². The molecular formula is C15H14FN3. The van der Waals surface area contributed by atoms with Crippen LogP contribution in [0.1, 0.15) is 18.1 Å². The Hall–Kier alpha value is -2.41. The van der Waals surface area contributed by atoms with Crippen LogP contribution in [0.15, 0.2) is 42.6 Å². The zero-order valence-corrected chi connectivity index (χ0v) is 10.6. The van der Waals surface area contributed by atoms with Gasteiger partial charge in [0.15, 0.2) is 0 Å². The summed E-state index contributed by atoms with van der Waals surface area (Å²) < 4.78 is 12.8. The molecule has 0 aliphatic carbocycles. The first-order valence-corrected chi connectivity index (χ1v) is 6.05. The first-order valence-electron chi connectivity index (χ1n) is 6.05. The Kier molecular flexibility index (Phi) is 4.09. The molecule has 1 aromatic carbocycles. The van der Waals surface area contributed by atoms with Crippen molar-refractivity contribution in [3.63, 3.8) is 0 Å². The van der Waals surface area contributed by atoms with Crippen LogP contribution in [0.25, 0.3) is 0 Å². The van der Waals surface area contributed by atoms with Gasteiger partial charge in [-0.05, 0) is 43.2 Å². The third-order valence-electron chi connectivity index (χ3n) is 2.77. The minimum atomic E-state index is -0.235. The molecule has 0 spiro atoms.